The van der Waals surface area contributed by atoms with Gasteiger partial charge < -0.3 is 19.7 Å². The maximum atomic E-state index is 12.2. The first-order valence-electron chi connectivity index (χ1n) is 9.36. The molecule has 0 bridgehead atoms. The smallest absolute Gasteiger partial charge is 0.336 e. The van der Waals surface area contributed by atoms with Crippen LogP contribution in [0.4, 0.5) is 5.69 Å². The molecule has 0 spiro atoms. The molecule has 9 heteroatoms. The maximum Gasteiger partial charge on any atom is 0.336 e. The molecule has 1 aromatic heterocycles. The molecule has 1 heterocycles. The zero-order valence-corrected chi connectivity index (χ0v) is 16.6. The fourth-order valence-corrected chi connectivity index (χ4v) is 3.26. The van der Waals surface area contributed by atoms with Crippen LogP contribution >= 0.6 is 0 Å². The Hall–Kier alpha value is -2.93. The van der Waals surface area contributed by atoms with E-state index < -0.39 is 16.8 Å². The van der Waals surface area contributed by atoms with Crippen LogP contribution in [0.3, 0.4) is 0 Å². The van der Waals surface area contributed by atoms with Gasteiger partial charge in [-0.1, -0.05) is 29.5 Å². The number of anilines is 1. The van der Waals surface area contributed by atoms with Crippen molar-refractivity contribution in [1.29, 1.82) is 0 Å². The van der Waals surface area contributed by atoms with Crippen LogP contribution < -0.4 is 15.8 Å². The number of aliphatic hydroxyl groups excluding tert-OH is 1. The molecule has 3 aromatic rings. The van der Waals surface area contributed by atoms with Gasteiger partial charge in [0.25, 0.3) is 0 Å². The molecule has 2 aromatic carbocycles. The summed E-state index contributed by atoms with van der Waals surface area (Å²) in [6.45, 7) is 1.60. The molecule has 146 valence electrons. The van der Waals surface area contributed by atoms with Gasteiger partial charge in [-0.05, 0) is 30.2 Å². The van der Waals surface area contributed by atoms with Crippen molar-refractivity contribution in [2.75, 3.05) is 24.6 Å². The van der Waals surface area contributed by atoms with Crippen molar-refractivity contribution < 1.29 is 14.3 Å². The van der Waals surface area contributed by atoms with Crippen LogP contribution in [0.1, 0.15) is 5.56 Å². The molecule has 2 N–H and O–H groups in total. The summed E-state index contributed by atoms with van der Waals surface area (Å²) >= 11 is 0. The third-order valence-electron chi connectivity index (χ3n) is 4.68. The lowest BCUT2D eigenvalue weighted by atomic mass is 9.48. The topological polar surface area (TPSA) is 82.8 Å². The lowest BCUT2D eigenvalue weighted by molar-refractivity contribution is -0.119. The summed E-state index contributed by atoms with van der Waals surface area (Å²) in [5, 5.41) is 10.3. The zero-order valence-electron chi connectivity index (χ0n) is 16.6. The van der Waals surface area contributed by atoms with Gasteiger partial charge in [-0.25, -0.2) is 4.79 Å². The number of rotatable bonds is 7. The highest BCUT2D eigenvalue weighted by Crippen LogP contribution is 2.32. The first-order chi connectivity index (χ1) is 14.2. The minimum absolute atomic E-state index is 0.0891. The number of fused-ring (bicyclic) bond motifs is 1. The molecule has 0 atom stereocenters. The van der Waals surface area contributed by atoms with Crippen molar-refractivity contribution >= 4 is 46.1 Å². The fourth-order valence-electron chi connectivity index (χ4n) is 3.26. The monoisotopic (exact) mass is 396 g/mol. The van der Waals surface area contributed by atoms with Crippen LogP contribution in [-0.2, 0) is 4.79 Å². The van der Waals surface area contributed by atoms with Gasteiger partial charge >= 0.3 is 5.63 Å². The van der Waals surface area contributed by atoms with E-state index in [1.165, 1.54) is 11.0 Å². The van der Waals surface area contributed by atoms with Crippen molar-refractivity contribution in [2.24, 2.45) is 0 Å². The van der Waals surface area contributed by atoms with Crippen LogP contribution in [-0.4, -0.2) is 59.5 Å². The van der Waals surface area contributed by atoms with Crippen molar-refractivity contribution in [3.8, 4) is 11.1 Å². The Kier molecular flexibility index (Phi) is 6.41. The Balaban J connectivity index is 2.08. The summed E-state index contributed by atoms with van der Waals surface area (Å²) in [5.41, 5.74) is 2.86. The number of hydrogen-bond donors (Lipinski definition) is 2. The molecule has 6 nitrogen and oxygen atoms in total. The summed E-state index contributed by atoms with van der Waals surface area (Å²) in [6, 6.07) is 14.2. The van der Waals surface area contributed by atoms with Gasteiger partial charge in [-0.15, -0.1) is 0 Å². The maximum absolute atomic E-state index is 12.2. The number of aliphatic hydroxyl groups is 1. The largest absolute Gasteiger partial charge is 0.423 e. The van der Waals surface area contributed by atoms with Gasteiger partial charge in [0.1, 0.15) is 5.58 Å². The number of amides is 1. The Morgan fingerprint density at radius 3 is 2.53 bits per heavy atom. The third-order valence-corrected chi connectivity index (χ3v) is 4.68. The molecule has 0 saturated heterocycles. The summed E-state index contributed by atoms with van der Waals surface area (Å²) < 4.78 is 5.40. The second-order valence-electron chi connectivity index (χ2n) is 7.02. The zero-order chi connectivity index (χ0) is 21.9. The average Bonchev–Trinajstić information content (AvgIpc) is 2.69. The Bertz CT molecular complexity index is 1130. The summed E-state index contributed by atoms with van der Waals surface area (Å²) in [5.74, 6) is -0.426. The Morgan fingerprint density at radius 1 is 1.13 bits per heavy atom. The van der Waals surface area contributed by atoms with Crippen molar-refractivity contribution in [2.45, 2.75) is 12.2 Å². The van der Waals surface area contributed by atoms with E-state index in [0.717, 1.165) is 16.7 Å². The van der Waals surface area contributed by atoms with E-state index >= 15 is 0 Å². The second kappa shape index (κ2) is 8.84. The fraction of sp³-hybridized carbons (Fsp3) is 0.238. The molecule has 1 amide bonds. The number of carbonyl (C=O) groups excluding carboxylic acids is 1. The summed E-state index contributed by atoms with van der Waals surface area (Å²) in [4.78, 5) is 25.6. The first kappa shape index (κ1) is 21.8. The van der Waals surface area contributed by atoms with E-state index in [1.807, 2.05) is 31.2 Å². The normalized spacial score (nSPS) is 11.4. The molecule has 0 fully saturated rings. The predicted molar refractivity (Wildman–Crippen MR) is 120 cm³/mol. The van der Waals surface area contributed by atoms with Crippen LogP contribution in [0.25, 0.3) is 22.1 Å². The van der Waals surface area contributed by atoms with Gasteiger partial charge in [0.15, 0.2) is 0 Å². The van der Waals surface area contributed by atoms with E-state index in [4.69, 9.17) is 33.1 Å². The van der Waals surface area contributed by atoms with E-state index in [1.54, 1.807) is 18.2 Å². The minimum Gasteiger partial charge on any atom is -0.423 e. The third kappa shape index (κ3) is 4.79. The highest BCUT2D eigenvalue weighted by molar-refractivity contribution is 6.61. The predicted octanol–water partition coefficient (Wildman–Crippen LogP) is 0.800. The van der Waals surface area contributed by atoms with E-state index in [-0.39, 0.29) is 19.7 Å². The number of benzene rings is 2. The highest BCUT2D eigenvalue weighted by Gasteiger charge is 2.24. The lowest BCUT2D eigenvalue weighted by Crippen LogP contribution is -2.54. The lowest BCUT2D eigenvalue weighted by Gasteiger charge is -2.39. The molecule has 0 aliphatic carbocycles. The Morgan fingerprint density at radius 2 is 1.87 bits per heavy atom. The van der Waals surface area contributed by atoms with Gasteiger partial charge in [-0.3, -0.25) is 4.79 Å². The number of carbonyl (C=O) groups is 1. The molecule has 3 rings (SSSR count). The van der Waals surface area contributed by atoms with Gasteiger partial charge in [0, 0.05) is 35.3 Å². The van der Waals surface area contributed by atoms with Gasteiger partial charge in [-0.2, -0.15) is 0 Å². The SMILES string of the molecule is [B]C([B])([B])N(CC(=O)NCCO)c1ccc2c(-c3ccccc3C)cc(=O)oc2c1. The number of nitrogens with one attached hydrogen (secondary N) is 1. The summed E-state index contributed by atoms with van der Waals surface area (Å²) in [6.07, 6.45) is 0. The molecule has 0 aliphatic heterocycles. The van der Waals surface area contributed by atoms with Gasteiger partial charge in [0.05, 0.1) is 36.7 Å². The summed E-state index contributed by atoms with van der Waals surface area (Å²) in [7, 11) is 17.6. The van der Waals surface area contributed by atoms with E-state index in [9.17, 15) is 9.59 Å². The number of hydrogen-bond acceptors (Lipinski definition) is 5. The number of aryl methyl sites for hydroxylation is 1. The molecule has 0 unspecified atom stereocenters. The van der Waals surface area contributed by atoms with Crippen molar-refractivity contribution in [3.05, 3.63) is 64.5 Å². The first-order valence-corrected chi connectivity index (χ1v) is 9.36. The Labute approximate surface area is 178 Å². The molecule has 30 heavy (non-hydrogen) atoms. The van der Waals surface area contributed by atoms with E-state index in [2.05, 4.69) is 5.32 Å². The van der Waals surface area contributed by atoms with Crippen LogP contribution in [0.5, 0.6) is 0 Å². The van der Waals surface area contributed by atoms with Crippen LogP contribution in [0, 0.1) is 6.92 Å². The van der Waals surface area contributed by atoms with Gasteiger partial charge in [0.2, 0.25) is 5.91 Å². The molecule has 6 radical (unpaired) electrons. The van der Waals surface area contributed by atoms with Crippen LogP contribution in [0.15, 0.2) is 57.7 Å². The van der Waals surface area contributed by atoms with Crippen LogP contribution in [0.2, 0.25) is 0 Å². The van der Waals surface area contributed by atoms with Crippen molar-refractivity contribution in [1.82, 2.24) is 5.32 Å². The molecular weight excluding hydrogens is 377 g/mol. The second-order valence-corrected chi connectivity index (χ2v) is 7.02. The highest BCUT2D eigenvalue weighted by atomic mass is 16.4. The average molecular weight is 396 g/mol. The number of nitrogens with zero attached hydrogens (tertiary/aromatic N) is 1. The molecule has 0 aliphatic rings. The molecule has 0 saturated carbocycles. The standard InChI is InChI=1S/C21H19B3N2O4/c1-13-4-2-3-5-15(13)17-11-20(29)30-18-10-14(6-7-16(17)18)26(21(22,23)24)12-19(28)25-8-9-27/h2-7,10-11,27H,8-9,12H2,1H3,(H,25,28). The van der Waals surface area contributed by atoms with E-state index in [0.29, 0.717) is 16.7 Å². The minimum atomic E-state index is -1.85. The molecular formula is C21H19B3N2O4. The quantitative estimate of drug-likeness (QED) is 0.457. The van der Waals surface area contributed by atoms with Crippen molar-refractivity contribution in [3.63, 3.8) is 0 Å².